The van der Waals surface area contributed by atoms with Gasteiger partial charge in [0.25, 0.3) is 0 Å². The largest absolute Gasteiger partial charge is 0.495 e. The Morgan fingerprint density at radius 1 is 1.44 bits per heavy atom. The molecular weight excluding hydrogens is 224 g/mol. The van der Waals surface area contributed by atoms with E-state index in [9.17, 15) is 0 Å². The summed E-state index contributed by atoms with van der Waals surface area (Å²) in [6.07, 6.45) is 4.01. The normalized spacial score (nSPS) is 16.7. The summed E-state index contributed by atoms with van der Waals surface area (Å²) < 4.78 is 5.13. The topological polar surface area (TPSA) is 45.0 Å². The fourth-order valence-electron chi connectivity index (χ4n) is 2.42. The standard InChI is InChI=1S/C15H20N2O/c1-15(6-3-7-15)11-17-10-12-4-5-14(18-2)13(8-12)9-16/h4-5,8,17H,3,6-7,10-11H2,1-2H3. The summed E-state index contributed by atoms with van der Waals surface area (Å²) in [7, 11) is 1.59. The molecular formula is C15H20N2O. The molecule has 96 valence electrons. The molecule has 0 bridgehead atoms. The molecule has 0 aromatic heterocycles. The number of nitrogens with zero attached hydrogens (tertiary/aromatic N) is 1. The van der Waals surface area contributed by atoms with Crippen LogP contribution >= 0.6 is 0 Å². The van der Waals surface area contributed by atoms with Gasteiger partial charge in [0.2, 0.25) is 0 Å². The molecule has 1 aliphatic rings. The first kappa shape index (κ1) is 12.9. The maximum absolute atomic E-state index is 9.03. The van der Waals surface area contributed by atoms with E-state index in [1.54, 1.807) is 7.11 Å². The zero-order valence-corrected chi connectivity index (χ0v) is 11.1. The lowest BCUT2D eigenvalue weighted by Gasteiger charge is -2.38. The maximum Gasteiger partial charge on any atom is 0.136 e. The van der Waals surface area contributed by atoms with Crippen LogP contribution < -0.4 is 10.1 Å². The van der Waals surface area contributed by atoms with E-state index < -0.39 is 0 Å². The maximum atomic E-state index is 9.03. The number of rotatable bonds is 5. The van der Waals surface area contributed by atoms with Crippen molar-refractivity contribution in [3.8, 4) is 11.8 Å². The zero-order valence-electron chi connectivity index (χ0n) is 11.1. The van der Waals surface area contributed by atoms with Gasteiger partial charge in [-0.1, -0.05) is 19.4 Å². The summed E-state index contributed by atoms with van der Waals surface area (Å²) in [5.41, 5.74) is 2.23. The van der Waals surface area contributed by atoms with Gasteiger partial charge in [-0.15, -0.1) is 0 Å². The van der Waals surface area contributed by atoms with Crippen LogP contribution in [0.1, 0.15) is 37.3 Å². The molecule has 2 rings (SSSR count). The smallest absolute Gasteiger partial charge is 0.136 e. The van der Waals surface area contributed by atoms with Crippen LogP contribution in [0, 0.1) is 16.7 Å². The molecule has 3 heteroatoms. The van der Waals surface area contributed by atoms with Crippen molar-refractivity contribution in [3.63, 3.8) is 0 Å². The number of nitrogens with one attached hydrogen (secondary N) is 1. The molecule has 0 spiro atoms. The van der Waals surface area contributed by atoms with E-state index in [0.29, 0.717) is 16.7 Å². The minimum absolute atomic E-state index is 0.491. The lowest BCUT2D eigenvalue weighted by molar-refractivity contribution is 0.156. The van der Waals surface area contributed by atoms with Crippen LogP contribution in [-0.4, -0.2) is 13.7 Å². The Morgan fingerprint density at radius 3 is 2.78 bits per heavy atom. The Morgan fingerprint density at radius 2 is 2.22 bits per heavy atom. The van der Waals surface area contributed by atoms with Crippen LogP contribution in [0.3, 0.4) is 0 Å². The first-order valence-electron chi connectivity index (χ1n) is 6.45. The number of ether oxygens (including phenoxy) is 1. The van der Waals surface area contributed by atoms with Crippen LogP contribution in [0.4, 0.5) is 0 Å². The molecule has 1 aromatic carbocycles. The number of hydrogen-bond acceptors (Lipinski definition) is 3. The first-order chi connectivity index (χ1) is 8.67. The van der Waals surface area contributed by atoms with Gasteiger partial charge in [0.15, 0.2) is 0 Å². The van der Waals surface area contributed by atoms with Gasteiger partial charge in [-0.2, -0.15) is 5.26 Å². The van der Waals surface area contributed by atoms with Crippen molar-refractivity contribution in [2.24, 2.45) is 5.41 Å². The van der Waals surface area contributed by atoms with Gasteiger partial charge in [0.05, 0.1) is 12.7 Å². The Kier molecular flexibility index (Phi) is 3.88. The van der Waals surface area contributed by atoms with Crippen LogP contribution in [0.5, 0.6) is 5.75 Å². The van der Waals surface area contributed by atoms with E-state index >= 15 is 0 Å². The second-order valence-corrected chi connectivity index (χ2v) is 5.41. The molecule has 1 fully saturated rings. The predicted octanol–water partition coefficient (Wildman–Crippen LogP) is 2.85. The quantitative estimate of drug-likeness (QED) is 0.866. The van der Waals surface area contributed by atoms with Gasteiger partial charge in [0.1, 0.15) is 11.8 Å². The van der Waals surface area contributed by atoms with Gasteiger partial charge in [-0.3, -0.25) is 0 Å². The fourth-order valence-corrected chi connectivity index (χ4v) is 2.42. The van der Waals surface area contributed by atoms with Crippen LogP contribution in [0.2, 0.25) is 0 Å². The van der Waals surface area contributed by atoms with Gasteiger partial charge >= 0.3 is 0 Å². The van der Waals surface area contributed by atoms with Gasteiger partial charge in [-0.25, -0.2) is 0 Å². The van der Waals surface area contributed by atoms with Crippen molar-refractivity contribution in [2.45, 2.75) is 32.7 Å². The lowest BCUT2D eigenvalue weighted by atomic mass is 9.70. The van der Waals surface area contributed by atoms with Crippen LogP contribution in [0.15, 0.2) is 18.2 Å². The Balaban J connectivity index is 1.91. The molecule has 3 nitrogen and oxygen atoms in total. The van der Waals surface area contributed by atoms with Gasteiger partial charge in [-0.05, 0) is 36.0 Å². The molecule has 1 saturated carbocycles. The third-order valence-corrected chi connectivity index (χ3v) is 3.83. The summed E-state index contributed by atoms with van der Waals surface area (Å²) >= 11 is 0. The molecule has 0 radical (unpaired) electrons. The Labute approximate surface area is 109 Å². The summed E-state index contributed by atoms with van der Waals surface area (Å²) in [4.78, 5) is 0. The molecule has 18 heavy (non-hydrogen) atoms. The van der Waals surface area contributed by atoms with Gasteiger partial charge in [0, 0.05) is 13.1 Å². The summed E-state index contributed by atoms with van der Waals surface area (Å²) in [5.74, 6) is 0.646. The highest BCUT2D eigenvalue weighted by Crippen LogP contribution is 2.39. The average molecular weight is 244 g/mol. The van der Waals surface area contributed by atoms with Crippen molar-refractivity contribution in [1.82, 2.24) is 5.32 Å². The highest BCUT2D eigenvalue weighted by atomic mass is 16.5. The highest BCUT2D eigenvalue weighted by molar-refractivity contribution is 5.45. The van der Waals surface area contributed by atoms with E-state index in [-0.39, 0.29) is 0 Å². The fraction of sp³-hybridized carbons (Fsp3) is 0.533. The second-order valence-electron chi connectivity index (χ2n) is 5.41. The van der Waals surface area contributed by atoms with E-state index in [2.05, 4.69) is 18.3 Å². The average Bonchev–Trinajstić information content (AvgIpc) is 2.36. The monoisotopic (exact) mass is 244 g/mol. The molecule has 0 unspecified atom stereocenters. The van der Waals surface area contributed by atoms with E-state index in [4.69, 9.17) is 10.00 Å². The number of methoxy groups -OCH3 is 1. The van der Waals surface area contributed by atoms with Crippen molar-refractivity contribution < 1.29 is 4.74 Å². The minimum Gasteiger partial charge on any atom is -0.495 e. The van der Waals surface area contributed by atoms with Crippen molar-refractivity contribution in [3.05, 3.63) is 29.3 Å². The summed E-state index contributed by atoms with van der Waals surface area (Å²) in [5, 5.41) is 12.5. The number of benzene rings is 1. The third kappa shape index (κ3) is 2.83. The van der Waals surface area contributed by atoms with E-state index in [0.717, 1.165) is 18.7 Å². The van der Waals surface area contributed by atoms with Crippen molar-refractivity contribution >= 4 is 0 Å². The Hall–Kier alpha value is -1.53. The first-order valence-corrected chi connectivity index (χ1v) is 6.45. The molecule has 0 amide bonds. The molecule has 0 atom stereocenters. The van der Waals surface area contributed by atoms with E-state index in [1.165, 1.54) is 19.3 Å². The van der Waals surface area contributed by atoms with Crippen LogP contribution in [-0.2, 0) is 6.54 Å². The van der Waals surface area contributed by atoms with Crippen LogP contribution in [0.25, 0.3) is 0 Å². The highest BCUT2D eigenvalue weighted by Gasteiger charge is 2.30. The molecule has 0 heterocycles. The van der Waals surface area contributed by atoms with Crippen molar-refractivity contribution in [1.29, 1.82) is 5.26 Å². The molecule has 0 saturated heterocycles. The SMILES string of the molecule is COc1ccc(CNCC2(C)CCC2)cc1C#N. The molecule has 1 aliphatic carbocycles. The number of nitriles is 1. The summed E-state index contributed by atoms with van der Waals surface area (Å²) in [6, 6.07) is 7.93. The summed E-state index contributed by atoms with van der Waals surface area (Å²) in [6.45, 7) is 4.20. The molecule has 0 aliphatic heterocycles. The van der Waals surface area contributed by atoms with Gasteiger partial charge < -0.3 is 10.1 Å². The zero-order chi connectivity index (χ0) is 13.0. The number of hydrogen-bond donors (Lipinski definition) is 1. The van der Waals surface area contributed by atoms with E-state index in [1.807, 2.05) is 18.2 Å². The van der Waals surface area contributed by atoms with Crippen molar-refractivity contribution in [2.75, 3.05) is 13.7 Å². The third-order valence-electron chi connectivity index (χ3n) is 3.83. The molecule has 1 N–H and O–H groups in total. The minimum atomic E-state index is 0.491. The lowest BCUT2D eigenvalue weighted by Crippen LogP contribution is -2.36. The predicted molar refractivity (Wildman–Crippen MR) is 71.4 cm³/mol. The molecule has 1 aromatic rings. The second kappa shape index (κ2) is 5.41. The Bertz CT molecular complexity index is 458.